The first kappa shape index (κ1) is 23.5. The van der Waals surface area contributed by atoms with Crippen LogP contribution in [0.5, 0.6) is 0 Å². The molecule has 2 amide bonds. The summed E-state index contributed by atoms with van der Waals surface area (Å²) >= 11 is 11.8. The lowest BCUT2D eigenvalue weighted by Crippen LogP contribution is -2.33. The fourth-order valence-electron chi connectivity index (χ4n) is 2.58. The molecule has 0 fully saturated rings. The van der Waals surface area contributed by atoms with Crippen LogP contribution in [-0.4, -0.2) is 26.8 Å². The van der Waals surface area contributed by atoms with Gasteiger partial charge in [-0.15, -0.1) is 0 Å². The second kappa shape index (κ2) is 9.99. The topological polar surface area (TPSA) is 104 Å². The molecular weight excluding hydrogens is 480 g/mol. The van der Waals surface area contributed by atoms with Crippen molar-refractivity contribution in [1.29, 1.82) is 0 Å². The van der Waals surface area contributed by atoms with Crippen molar-refractivity contribution < 1.29 is 22.4 Å². The highest BCUT2D eigenvalue weighted by Gasteiger charge is 2.21. The number of hydrogen-bond donors (Lipinski definition) is 3. The van der Waals surface area contributed by atoms with Crippen LogP contribution in [0.25, 0.3) is 0 Å². The van der Waals surface area contributed by atoms with Gasteiger partial charge in [-0.3, -0.25) is 14.3 Å². The molecule has 166 valence electrons. The summed E-state index contributed by atoms with van der Waals surface area (Å²) in [6, 6.07) is 14.8. The normalized spacial score (nSPS) is 11.0. The van der Waals surface area contributed by atoms with Crippen molar-refractivity contribution in [2.75, 3.05) is 16.6 Å². The van der Waals surface area contributed by atoms with Crippen LogP contribution in [0.15, 0.2) is 71.6 Å². The van der Waals surface area contributed by atoms with Gasteiger partial charge in [-0.05, 0) is 66.7 Å². The van der Waals surface area contributed by atoms with E-state index >= 15 is 0 Å². The van der Waals surface area contributed by atoms with Crippen molar-refractivity contribution in [3.8, 4) is 0 Å². The third-order valence-electron chi connectivity index (χ3n) is 4.12. The van der Waals surface area contributed by atoms with E-state index in [-0.39, 0.29) is 27.7 Å². The van der Waals surface area contributed by atoms with E-state index < -0.39 is 27.7 Å². The molecule has 32 heavy (non-hydrogen) atoms. The maximum absolute atomic E-state index is 13.0. The van der Waals surface area contributed by atoms with Crippen molar-refractivity contribution >= 4 is 56.4 Å². The Labute approximate surface area is 193 Å². The third-order valence-corrected chi connectivity index (χ3v) is 6.23. The van der Waals surface area contributed by atoms with Gasteiger partial charge in [-0.2, -0.15) is 0 Å². The van der Waals surface area contributed by atoms with Crippen molar-refractivity contribution in [2.24, 2.45) is 0 Å². The zero-order valence-corrected chi connectivity index (χ0v) is 18.6. The first-order chi connectivity index (χ1) is 15.1. The van der Waals surface area contributed by atoms with Gasteiger partial charge in [0, 0.05) is 22.0 Å². The number of rotatable bonds is 7. The predicted molar refractivity (Wildman–Crippen MR) is 121 cm³/mol. The van der Waals surface area contributed by atoms with E-state index in [9.17, 15) is 22.4 Å². The van der Waals surface area contributed by atoms with Gasteiger partial charge in [0.25, 0.3) is 15.9 Å². The molecule has 0 aromatic heterocycles. The number of amides is 2. The van der Waals surface area contributed by atoms with Crippen LogP contribution in [0.2, 0.25) is 10.0 Å². The van der Waals surface area contributed by atoms with E-state index in [1.165, 1.54) is 24.3 Å². The molecule has 3 aromatic carbocycles. The summed E-state index contributed by atoms with van der Waals surface area (Å²) in [6.07, 6.45) is 0. The van der Waals surface area contributed by atoms with E-state index in [1.807, 2.05) is 0 Å². The Morgan fingerprint density at radius 1 is 0.875 bits per heavy atom. The molecule has 0 saturated heterocycles. The monoisotopic (exact) mass is 495 g/mol. The van der Waals surface area contributed by atoms with Crippen LogP contribution < -0.4 is 15.4 Å². The molecule has 0 aliphatic rings. The molecule has 3 rings (SSSR count). The van der Waals surface area contributed by atoms with E-state index in [1.54, 1.807) is 24.3 Å². The molecule has 0 spiro atoms. The molecule has 0 saturated carbocycles. The van der Waals surface area contributed by atoms with Crippen LogP contribution in [0, 0.1) is 5.82 Å². The lowest BCUT2D eigenvalue weighted by atomic mass is 10.2. The minimum atomic E-state index is -4.16. The number of carbonyl (C=O) groups is 2. The van der Waals surface area contributed by atoms with Crippen LogP contribution >= 0.6 is 23.2 Å². The van der Waals surface area contributed by atoms with Gasteiger partial charge in [0.15, 0.2) is 0 Å². The Morgan fingerprint density at radius 3 is 2.16 bits per heavy atom. The van der Waals surface area contributed by atoms with E-state index in [4.69, 9.17) is 23.2 Å². The molecule has 0 unspecified atom stereocenters. The molecule has 0 heterocycles. The summed E-state index contributed by atoms with van der Waals surface area (Å²) < 4.78 is 40.7. The van der Waals surface area contributed by atoms with Crippen molar-refractivity contribution in [1.82, 2.24) is 5.32 Å². The van der Waals surface area contributed by atoms with Gasteiger partial charge < -0.3 is 10.6 Å². The summed E-state index contributed by atoms with van der Waals surface area (Å²) in [5, 5.41) is 5.39. The molecule has 3 N–H and O–H groups in total. The molecular formula is C21H16Cl2FN3O4S. The smallest absolute Gasteiger partial charge is 0.263 e. The van der Waals surface area contributed by atoms with E-state index in [0.29, 0.717) is 10.7 Å². The molecule has 11 heteroatoms. The minimum absolute atomic E-state index is 0.0202. The van der Waals surface area contributed by atoms with Gasteiger partial charge >= 0.3 is 0 Å². The molecule has 0 radical (unpaired) electrons. The number of carbonyl (C=O) groups excluding carboxylic acids is 2. The molecule has 0 aliphatic carbocycles. The van der Waals surface area contributed by atoms with Gasteiger partial charge in [-0.1, -0.05) is 23.2 Å². The summed E-state index contributed by atoms with van der Waals surface area (Å²) in [4.78, 5) is 24.1. The molecule has 7 nitrogen and oxygen atoms in total. The zero-order valence-electron chi connectivity index (χ0n) is 16.2. The number of halogens is 3. The van der Waals surface area contributed by atoms with Crippen LogP contribution in [0.1, 0.15) is 10.4 Å². The summed E-state index contributed by atoms with van der Waals surface area (Å²) in [7, 11) is -4.16. The average molecular weight is 496 g/mol. The van der Waals surface area contributed by atoms with Crippen molar-refractivity contribution in [2.45, 2.75) is 4.90 Å². The number of benzene rings is 3. The van der Waals surface area contributed by atoms with Crippen LogP contribution in [-0.2, 0) is 14.8 Å². The molecule has 0 atom stereocenters. The molecule has 3 aromatic rings. The highest BCUT2D eigenvalue weighted by Crippen LogP contribution is 2.25. The molecule has 0 aliphatic heterocycles. The SMILES string of the molecule is O=C(CNC(=O)c1ccc(Cl)c(S(=O)(=O)Nc2ccc(F)cc2)c1)Nc1ccc(Cl)cc1. The third kappa shape index (κ3) is 6.19. The van der Waals surface area contributed by atoms with Crippen molar-refractivity contribution in [3.05, 3.63) is 88.2 Å². The average Bonchev–Trinajstić information content (AvgIpc) is 2.75. The number of hydrogen-bond acceptors (Lipinski definition) is 4. The Hall–Kier alpha value is -3.14. The highest BCUT2D eigenvalue weighted by atomic mass is 35.5. The Balaban J connectivity index is 1.68. The van der Waals surface area contributed by atoms with E-state index in [0.717, 1.165) is 18.2 Å². The zero-order chi connectivity index (χ0) is 23.3. The quantitative estimate of drug-likeness (QED) is 0.454. The Morgan fingerprint density at radius 2 is 1.50 bits per heavy atom. The summed E-state index contributed by atoms with van der Waals surface area (Å²) in [5.74, 6) is -1.68. The molecule has 0 bridgehead atoms. The maximum Gasteiger partial charge on any atom is 0.263 e. The number of nitrogens with one attached hydrogen (secondary N) is 3. The largest absolute Gasteiger partial charge is 0.343 e. The second-order valence-corrected chi connectivity index (χ2v) is 8.99. The Bertz CT molecular complexity index is 1250. The van der Waals surface area contributed by atoms with Gasteiger partial charge in [0.2, 0.25) is 5.91 Å². The number of anilines is 2. The fraction of sp³-hybridized carbons (Fsp3) is 0.0476. The summed E-state index contributed by atoms with van der Waals surface area (Å²) in [6.45, 7) is -0.347. The second-order valence-electron chi connectivity index (χ2n) is 6.50. The maximum atomic E-state index is 13.0. The van der Waals surface area contributed by atoms with Gasteiger partial charge in [-0.25, -0.2) is 12.8 Å². The summed E-state index contributed by atoms with van der Waals surface area (Å²) in [5.41, 5.74) is 0.602. The standard InChI is InChI=1S/C21H16Cl2FN3O4S/c22-14-2-6-16(7-3-14)26-20(28)12-25-21(29)13-1-10-18(23)19(11-13)32(30,31)27-17-8-4-15(24)5-9-17/h1-11,27H,12H2,(H,25,29)(H,26,28). The lowest BCUT2D eigenvalue weighted by molar-refractivity contribution is -0.115. The minimum Gasteiger partial charge on any atom is -0.343 e. The lowest BCUT2D eigenvalue weighted by Gasteiger charge is -2.11. The Kier molecular flexibility index (Phi) is 7.34. The van der Waals surface area contributed by atoms with Crippen LogP contribution in [0.3, 0.4) is 0 Å². The van der Waals surface area contributed by atoms with Crippen molar-refractivity contribution in [3.63, 3.8) is 0 Å². The fourth-order valence-corrected chi connectivity index (χ4v) is 4.29. The van der Waals surface area contributed by atoms with Gasteiger partial charge in [0.05, 0.1) is 11.6 Å². The highest BCUT2D eigenvalue weighted by molar-refractivity contribution is 7.92. The van der Waals surface area contributed by atoms with Crippen LogP contribution in [0.4, 0.5) is 15.8 Å². The predicted octanol–water partition coefficient (Wildman–Crippen LogP) is 4.30. The van der Waals surface area contributed by atoms with Gasteiger partial charge in [0.1, 0.15) is 10.7 Å². The first-order valence-corrected chi connectivity index (χ1v) is 11.3. The number of sulfonamides is 1. The first-order valence-electron chi connectivity index (χ1n) is 9.05. The van der Waals surface area contributed by atoms with E-state index in [2.05, 4.69) is 15.4 Å².